The van der Waals surface area contributed by atoms with Crippen LogP contribution in [-0.4, -0.2) is 22.7 Å². The molecule has 1 N–H and O–H groups in total. The molecule has 4 nitrogen and oxygen atoms in total. The second kappa shape index (κ2) is 8.37. The second-order valence-electron chi connectivity index (χ2n) is 7.79. The van der Waals surface area contributed by atoms with Crippen molar-refractivity contribution in [2.75, 3.05) is 6.54 Å². The molecule has 0 heterocycles. The number of hydroxylamine groups is 2. The molecule has 1 aliphatic rings. The molecule has 0 aliphatic heterocycles. The summed E-state index contributed by atoms with van der Waals surface area (Å²) in [7, 11) is 0. The Balaban J connectivity index is 2.03. The fraction of sp³-hybridized carbons (Fsp3) is 0.391. The molecule has 2 rings (SSSR count). The van der Waals surface area contributed by atoms with Gasteiger partial charge >= 0.3 is 0 Å². The van der Waals surface area contributed by atoms with Gasteiger partial charge in [-0.2, -0.15) is 5.26 Å². The number of hydrogen-bond donors (Lipinski definition) is 1. The van der Waals surface area contributed by atoms with Gasteiger partial charge in [0, 0.05) is 5.56 Å². The van der Waals surface area contributed by atoms with Crippen LogP contribution >= 0.6 is 0 Å². The van der Waals surface area contributed by atoms with Gasteiger partial charge in [0.25, 0.3) is 5.91 Å². The zero-order valence-corrected chi connectivity index (χ0v) is 16.2. The van der Waals surface area contributed by atoms with Crippen LogP contribution in [0.2, 0.25) is 0 Å². The molecule has 0 spiro atoms. The lowest BCUT2D eigenvalue weighted by Crippen LogP contribution is -2.36. The number of hydrogen-bond acceptors (Lipinski definition) is 3. The average Bonchev–Trinajstić information content (AvgIpc) is 2.67. The maximum atomic E-state index is 12.4. The molecular weight excluding hydrogens is 336 g/mol. The van der Waals surface area contributed by atoms with Crippen molar-refractivity contribution in [3.8, 4) is 6.07 Å². The lowest BCUT2D eigenvalue weighted by Gasteiger charge is -2.44. The minimum absolute atomic E-state index is 0.0276. The van der Waals surface area contributed by atoms with Gasteiger partial charge in [-0.3, -0.25) is 10.0 Å². The second-order valence-corrected chi connectivity index (χ2v) is 7.79. The van der Waals surface area contributed by atoms with Crippen molar-refractivity contribution in [2.24, 2.45) is 17.3 Å². The standard InChI is InChI=1S/C23H28N2O2/c1-6-23(5)12-11-20(13-21(23)16(2)3)17(4)15-25(27)22(26)19-9-7-18(14-24)8-10-19/h6-10,20-21,27H,1-2,4,11-13,15H2,3,5H3/t20-,21+,23-/m1/s1. The molecule has 1 fully saturated rings. The summed E-state index contributed by atoms with van der Waals surface area (Å²) >= 11 is 0. The molecule has 142 valence electrons. The highest BCUT2D eigenvalue weighted by Crippen LogP contribution is 2.48. The van der Waals surface area contributed by atoms with Gasteiger partial charge in [-0.1, -0.05) is 37.3 Å². The Labute approximate surface area is 162 Å². The van der Waals surface area contributed by atoms with Gasteiger partial charge in [0.15, 0.2) is 0 Å². The third-order valence-corrected chi connectivity index (χ3v) is 5.83. The highest BCUT2D eigenvalue weighted by molar-refractivity contribution is 5.93. The van der Waals surface area contributed by atoms with Crippen molar-refractivity contribution in [2.45, 2.75) is 33.1 Å². The van der Waals surface area contributed by atoms with Crippen LogP contribution in [0.15, 0.2) is 61.2 Å². The molecule has 1 amide bonds. The van der Waals surface area contributed by atoms with Crippen molar-refractivity contribution in [1.29, 1.82) is 5.26 Å². The average molecular weight is 364 g/mol. The van der Waals surface area contributed by atoms with E-state index in [1.807, 2.05) is 19.1 Å². The molecule has 27 heavy (non-hydrogen) atoms. The Kier molecular flexibility index (Phi) is 6.41. The summed E-state index contributed by atoms with van der Waals surface area (Å²) in [4.78, 5) is 12.4. The first-order valence-electron chi connectivity index (χ1n) is 9.19. The number of benzene rings is 1. The zero-order valence-electron chi connectivity index (χ0n) is 16.2. The molecule has 0 unspecified atom stereocenters. The SMILES string of the molecule is C=C[C@]1(C)CC[C@@H](C(=C)CN(O)C(=O)c2ccc(C#N)cc2)C[C@H]1C(=C)C. The Morgan fingerprint density at radius 1 is 1.41 bits per heavy atom. The molecule has 0 bridgehead atoms. The van der Waals surface area contributed by atoms with E-state index in [9.17, 15) is 10.0 Å². The predicted octanol–water partition coefficient (Wildman–Crippen LogP) is 5.13. The summed E-state index contributed by atoms with van der Waals surface area (Å²) in [6.45, 7) is 16.6. The van der Waals surface area contributed by atoms with E-state index in [2.05, 4.69) is 26.7 Å². The molecule has 1 aromatic carbocycles. The third-order valence-electron chi connectivity index (χ3n) is 5.83. The van der Waals surface area contributed by atoms with Gasteiger partial charge in [-0.05, 0) is 67.7 Å². The topological polar surface area (TPSA) is 64.3 Å². The number of rotatable bonds is 6. The first-order chi connectivity index (χ1) is 12.7. The summed E-state index contributed by atoms with van der Waals surface area (Å²) in [5.74, 6) is 0.0406. The third kappa shape index (κ3) is 4.56. The van der Waals surface area contributed by atoms with Crippen molar-refractivity contribution in [1.82, 2.24) is 5.06 Å². The van der Waals surface area contributed by atoms with Crippen LogP contribution in [0.1, 0.15) is 49.0 Å². The van der Waals surface area contributed by atoms with Gasteiger partial charge in [-0.25, -0.2) is 5.06 Å². The van der Waals surface area contributed by atoms with E-state index >= 15 is 0 Å². The molecule has 3 atom stereocenters. The monoisotopic (exact) mass is 364 g/mol. The van der Waals surface area contributed by atoms with Crippen LogP contribution in [0, 0.1) is 28.6 Å². The number of allylic oxidation sites excluding steroid dienone is 2. The fourth-order valence-electron chi connectivity index (χ4n) is 3.94. The van der Waals surface area contributed by atoms with Crippen molar-refractivity contribution >= 4 is 5.91 Å². The first-order valence-corrected chi connectivity index (χ1v) is 9.19. The van der Waals surface area contributed by atoms with Gasteiger partial charge < -0.3 is 0 Å². The Morgan fingerprint density at radius 2 is 2.04 bits per heavy atom. The molecule has 0 radical (unpaired) electrons. The van der Waals surface area contributed by atoms with Gasteiger partial charge in [0.05, 0.1) is 18.2 Å². The quantitative estimate of drug-likeness (QED) is 0.432. The molecule has 1 aromatic rings. The highest BCUT2D eigenvalue weighted by atomic mass is 16.5. The van der Waals surface area contributed by atoms with E-state index in [0.29, 0.717) is 22.1 Å². The van der Waals surface area contributed by atoms with Crippen LogP contribution in [0.3, 0.4) is 0 Å². The van der Waals surface area contributed by atoms with E-state index < -0.39 is 5.91 Å². The minimum atomic E-state index is -0.496. The molecule has 1 saturated carbocycles. The van der Waals surface area contributed by atoms with E-state index in [0.717, 1.165) is 30.4 Å². The first kappa shape index (κ1) is 20.7. The molecular formula is C23H28N2O2. The summed E-state index contributed by atoms with van der Waals surface area (Å²) < 4.78 is 0. The predicted molar refractivity (Wildman–Crippen MR) is 107 cm³/mol. The number of nitrogens with zero attached hydrogens (tertiary/aromatic N) is 2. The molecule has 0 aromatic heterocycles. The lowest BCUT2D eigenvalue weighted by molar-refractivity contribution is -0.0532. The fourth-order valence-corrected chi connectivity index (χ4v) is 3.94. The van der Waals surface area contributed by atoms with Gasteiger partial charge in [0.1, 0.15) is 0 Å². The van der Waals surface area contributed by atoms with Crippen molar-refractivity contribution in [3.63, 3.8) is 0 Å². The largest absolute Gasteiger partial charge is 0.285 e. The molecule has 4 heteroatoms. The minimum Gasteiger partial charge on any atom is -0.285 e. The maximum absolute atomic E-state index is 12.4. The van der Waals surface area contributed by atoms with E-state index in [4.69, 9.17) is 5.26 Å². The zero-order chi connectivity index (χ0) is 20.2. The molecule has 1 aliphatic carbocycles. The summed E-state index contributed by atoms with van der Waals surface area (Å²) in [5, 5.41) is 19.8. The maximum Gasteiger partial charge on any atom is 0.277 e. The smallest absolute Gasteiger partial charge is 0.277 e. The van der Waals surface area contributed by atoms with Gasteiger partial charge in [0.2, 0.25) is 0 Å². The normalized spacial score (nSPS) is 24.5. The van der Waals surface area contributed by atoms with Crippen LogP contribution in [0.4, 0.5) is 0 Å². The van der Waals surface area contributed by atoms with Crippen molar-refractivity contribution < 1.29 is 10.0 Å². The van der Waals surface area contributed by atoms with Crippen LogP contribution in [-0.2, 0) is 0 Å². The highest BCUT2D eigenvalue weighted by Gasteiger charge is 2.39. The van der Waals surface area contributed by atoms with E-state index in [1.165, 1.54) is 0 Å². The summed E-state index contributed by atoms with van der Waals surface area (Å²) in [6.07, 6.45) is 4.85. The van der Waals surface area contributed by atoms with Crippen LogP contribution in [0.5, 0.6) is 0 Å². The number of carbonyl (C=O) groups excluding carboxylic acids is 1. The van der Waals surface area contributed by atoms with Crippen LogP contribution in [0.25, 0.3) is 0 Å². The van der Waals surface area contributed by atoms with Gasteiger partial charge in [-0.15, -0.1) is 6.58 Å². The van der Waals surface area contributed by atoms with Crippen LogP contribution < -0.4 is 0 Å². The number of carbonyl (C=O) groups is 1. The Bertz CT molecular complexity index is 788. The Hall–Kier alpha value is -2.64. The lowest BCUT2D eigenvalue weighted by atomic mass is 9.61. The molecule has 0 saturated heterocycles. The van der Waals surface area contributed by atoms with Crippen molar-refractivity contribution in [3.05, 3.63) is 72.4 Å². The van der Waals surface area contributed by atoms with E-state index in [-0.39, 0.29) is 17.9 Å². The number of nitriles is 1. The number of amides is 1. The summed E-state index contributed by atoms with van der Waals surface area (Å²) in [5.41, 5.74) is 2.81. The Morgan fingerprint density at radius 3 is 2.56 bits per heavy atom. The van der Waals surface area contributed by atoms with E-state index in [1.54, 1.807) is 24.3 Å². The summed E-state index contributed by atoms with van der Waals surface area (Å²) in [6, 6.07) is 8.21.